The summed E-state index contributed by atoms with van der Waals surface area (Å²) in [5.41, 5.74) is 1.72. The highest BCUT2D eigenvalue weighted by atomic mass is 35.5. The normalized spacial score (nSPS) is 9.06. The van der Waals surface area contributed by atoms with Crippen molar-refractivity contribution in [3.63, 3.8) is 0 Å². The van der Waals surface area contributed by atoms with Crippen molar-refractivity contribution in [3.8, 4) is 0 Å². The van der Waals surface area contributed by atoms with E-state index in [0.29, 0.717) is 11.4 Å². The van der Waals surface area contributed by atoms with Crippen molar-refractivity contribution < 1.29 is 4.79 Å². The molecule has 0 aliphatic heterocycles. The van der Waals surface area contributed by atoms with Gasteiger partial charge in [0.1, 0.15) is 0 Å². The number of carbonyl (C=O) groups is 1. The van der Waals surface area contributed by atoms with E-state index < -0.39 is 5.24 Å². The van der Waals surface area contributed by atoms with Gasteiger partial charge in [-0.1, -0.05) is 60.7 Å². The first-order chi connectivity index (χ1) is 8.24. The minimum absolute atomic E-state index is 0.407. The molecule has 3 heteroatoms. The van der Waals surface area contributed by atoms with Crippen LogP contribution in [0, 0.1) is 0 Å². The van der Waals surface area contributed by atoms with E-state index in [4.69, 9.17) is 23.2 Å². The Labute approximate surface area is 111 Å². The monoisotopic (exact) mass is 266 g/mol. The first-order valence-electron chi connectivity index (χ1n) is 5.09. The van der Waals surface area contributed by atoms with E-state index in [1.165, 1.54) is 5.56 Å². The molecule has 0 fully saturated rings. The molecule has 17 heavy (non-hydrogen) atoms. The van der Waals surface area contributed by atoms with Crippen molar-refractivity contribution in [2.45, 2.75) is 5.88 Å². The van der Waals surface area contributed by atoms with Gasteiger partial charge in [-0.3, -0.25) is 4.79 Å². The van der Waals surface area contributed by atoms with Crippen molar-refractivity contribution in [1.82, 2.24) is 0 Å². The molecule has 0 spiro atoms. The lowest BCUT2D eigenvalue weighted by atomic mass is 10.2. The minimum Gasteiger partial charge on any atom is -0.276 e. The zero-order valence-electron chi connectivity index (χ0n) is 9.14. The quantitative estimate of drug-likeness (QED) is 0.578. The minimum atomic E-state index is -0.407. The number of alkyl halides is 1. The fourth-order valence-electron chi connectivity index (χ4n) is 1.14. The third-order valence-electron chi connectivity index (χ3n) is 2.00. The molecule has 88 valence electrons. The lowest BCUT2D eigenvalue weighted by Crippen LogP contribution is -1.84. The van der Waals surface area contributed by atoms with Crippen LogP contribution in [0.2, 0.25) is 0 Å². The smallest absolute Gasteiger partial charge is 0.252 e. The highest BCUT2D eigenvalue weighted by molar-refractivity contribution is 6.67. The Morgan fingerprint density at radius 3 is 1.65 bits per heavy atom. The van der Waals surface area contributed by atoms with Gasteiger partial charge in [0.25, 0.3) is 5.24 Å². The lowest BCUT2D eigenvalue weighted by Gasteiger charge is -1.88. The third-order valence-corrected chi connectivity index (χ3v) is 2.52. The van der Waals surface area contributed by atoms with E-state index in [1.54, 1.807) is 24.3 Å². The number of rotatable bonds is 2. The predicted octanol–water partition coefficient (Wildman–Crippen LogP) is 4.49. The summed E-state index contributed by atoms with van der Waals surface area (Å²) in [5, 5.41) is -0.407. The molecule has 0 amide bonds. The number of benzene rings is 2. The second kappa shape index (κ2) is 7.88. The van der Waals surface area contributed by atoms with Gasteiger partial charge in [0.05, 0.1) is 0 Å². The lowest BCUT2D eigenvalue weighted by molar-refractivity contribution is 0.108. The van der Waals surface area contributed by atoms with E-state index in [-0.39, 0.29) is 0 Å². The first-order valence-corrected chi connectivity index (χ1v) is 6.00. The number of carbonyl (C=O) groups excluding carboxylic acids is 1. The van der Waals surface area contributed by atoms with Crippen LogP contribution in [-0.4, -0.2) is 5.24 Å². The standard InChI is InChI=1S/C7H5ClO.C7H7Cl/c8-7(9)6-4-2-1-3-5-6;8-6-7-4-2-1-3-5-7/h1-5H;1-5H,6H2. The van der Waals surface area contributed by atoms with Gasteiger partial charge in [0, 0.05) is 11.4 Å². The van der Waals surface area contributed by atoms with Gasteiger partial charge in [0.15, 0.2) is 0 Å². The van der Waals surface area contributed by atoms with Gasteiger partial charge < -0.3 is 0 Å². The van der Waals surface area contributed by atoms with Crippen molar-refractivity contribution in [2.24, 2.45) is 0 Å². The molecule has 0 saturated carbocycles. The zero-order valence-corrected chi connectivity index (χ0v) is 10.7. The van der Waals surface area contributed by atoms with Crippen LogP contribution in [0.3, 0.4) is 0 Å². The maximum Gasteiger partial charge on any atom is 0.252 e. The van der Waals surface area contributed by atoms with E-state index in [0.717, 1.165) is 0 Å². The molecule has 0 saturated heterocycles. The summed E-state index contributed by atoms with van der Waals surface area (Å²) < 4.78 is 0. The Hall–Kier alpha value is -1.31. The van der Waals surface area contributed by atoms with Crippen molar-refractivity contribution in [2.75, 3.05) is 0 Å². The van der Waals surface area contributed by atoms with Crippen LogP contribution in [0.5, 0.6) is 0 Å². The molecule has 0 heterocycles. The third kappa shape index (κ3) is 5.53. The molecule has 0 radical (unpaired) electrons. The molecule has 2 rings (SSSR count). The summed E-state index contributed by atoms with van der Waals surface area (Å²) in [6, 6.07) is 18.7. The molecule has 0 aliphatic carbocycles. The Bertz CT molecular complexity index is 440. The molecule has 0 atom stereocenters. The SMILES string of the molecule is ClCc1ccccc1.O=C(Cl)c1ccccc1. The molecule has 2 aromatic carbocycles. The summed E-state index contributed by atoms with van der Waals surface area (Å²) >= 11 is 10.7. The number of hydrogen-bond donors (Lipinski definition) is 0. The summed E-state index contributed by atoms with van der Waals surface area (Å²) in [6.07, 6.45) is 0. The second-order valence-electron chi connectivity index (χ2n) is 3.26. The topological polar surface area (TPSA) is 17.1 Å². The van der Waals surface area contributed by atoms with Gasteiger partial charge in [-0.25, -0.2) is 0 Å². The van der Waals surface area contributed by atoms with Gasteiger partial charge in [-0.2, -0.15) is 0 Å². The summed E-state index contributed by atoms with van der Waals surface area (Å²) in [4.78, 5) is 10.4. The number of halogens is 2. The van der Waals surface area contributed by atoms with Gasteiger partial charge in [-0.05, 0) is 17.2 Å². The zero-order chi connectivity index (χ0) is 12.5. The Kier molecular flexibility index (Phi) is 6.38. The maximum atomic E-state index is 10.4. The van der Waals surface area contributed by atoms with E-state index >= 15 is 0 Å². The van der Waals surface area contributed by atoms with Crippen molar-refractivity contribution >= 4 is 28.4 Å². The van der Waals surface area contributed by atoms with Crippen LogP contribution < -0.4 is 0 Å². The van der Waals surface area contributed by atoms with E-state index in [2.05, 4.69) is 0 Å². The van der Waals surface area contributed by atoms with Gasteiger partial charge in [0.2, 0.25) is 0 Å². The van der Waals surface area contributed by atoms with Crippen LogP contribution in [0.25, 0.3) is 0 Å². The van der Waals surface area contributed by atoms with Crippen LogP contribution in [-0.2, 0) is 5.88 Å². The van der Waals surface area contributed by atoms with Crippen LogP contribution >= 0.6 is 23.2 Å². The summed E-state index contributed by atoms with van der Waals surface area (Å²) in [5.74, 6) is 0.612. The fraction of sp³-hybridized carbons (Fsp3) is 0.0714. The fourth-order valence-corrected chi connectivity index (χ4v) is 1.44. The second-order valence-corrected chi connectivity index (χ2v) is 3.87. The average molecular weight is 267 g/mol. The summed E-state index contributed by atoms with van der Waals surface area (Å²) in [6.45, 7) is 0. The Balaban J connectivity index is 0.000000171. The van der Waals surface area contributed by atoms with Crippen molar-refractivity contribution in [3.05, 3.63) is 71.8 Å². The molecule has 0 aliphatic rings. The van der Waals surface area contributed by atoms with Gasteiger partial charge >= 0.3 is 0 Å². The Morgan fingerprint density at radius 1 is 0.882 bits per heavy atom. The van der Waals surface area contributed by atoms with E-state index in [9.17, 15) is 4.79 Å². The van der Waals surface area contributed by atoms with E-state index in [1.807, 2.05) is 36.4 Å². The van der Waals surface area contributed by atoms with Crippen molar-refractivity contribution in [1.29, 1.82) is 0 Å². The predicted molar refractivity (Wildman–Crippen MR) is 72.6 cm³/mol. The maximum absolute atomic E-state index is 10.4. The van der Waals surface area contributed by atoms with Crippen LogP contribution in [0.4, 0.5) is 0 Å². The summed E-state index contributed by atoms with van der Waals surface area (Å²) in [7, 11) is 0. The first kappa shape index (κ1) is 13.8. The molecule has 0 aromatic heterocycles. The highest BCUT2D eigenvalue weighted by Gasteiger charge is 1.95. The van der Waals surface area contributed by atoms with Crippen LogP contribution in [0.15, 0.2) is 60.7 Å². The highest BCUT2D eigenvalue weighted by Crippen LogP contribution is 2.01. The molecular weight excluding hydrogens is 255 g/mol. The van der Waals surface area contributed by atoms with Crippen LogP contribution in [0.1, 0.15) is 15.9 Å². The molecule has 1 nitrogen and oxygen atoms in total. The van der Waals surface area contributed by atoms with Gasteiger partial charge in [-0.15, -0.1) is 11.6 Å². The molecule has 0 N–H and O–H groups in total. The molecule has 0 bridgehead atoms. The number of hydrogen-bond acceptors (Lipinski definition) is 1. The average Bonchev–Trinajstić information content (AvgIpc) is 2.41. The molecule has 2 aromatic rings. The largest absolute Gasteiger partial charge is 0.276 e. The Morgan fingerprint density at radius 2 is 1.35 bits per heavy atom. The molecular formula is C14H12Cl2O. The molecule has 0 unspecified atom stereocenters.